The number of carbonyl (C=O) groups excluding carboxylic acids is 2. The van der Waals surface area contributed by atoms with Gasteiger partial charge in [-0.1, -0.05) is 61.4 Å². The number of hydrogen-bond donors (Lipinski definition) is 2. The summed E-state index contributed by atoms with van der Waals surface area (Å²) in [6.45, 7) is 4.49. The number of rotatable bonds is 8. The van der Waals surface area contributed by atoms with Crippen molar-refractivity contribution in [2.75, 3.05) is 7.11 Å². The van der Waals surface area contributed by atoms with Crippen LogP contribution in [0.25, 0.3) is 0 Å². The van der Waals surface area contributed by atoms with E-state index in [4.69, 9.17) is 9.47 Å². The van der Waals surface area contributed by atoms with E-state index in [2.05, 4.69) is 17.6 Å². The lowest BCUT2D eigenvalue weighted by Gasteiger charge is -2.30. The molecule has 6 heteroatoms. The van der Waals surface area contributed by atoms with Gasteiger partial charge in [-0.15, -0.1) is 0 Å². The third kappa shape index (κ3) is 5.00. The van der Waals surface area contributed by atoms with Gasteiger partial charge >= 0.3 is 12.0 Å². The van der Waals surface area contributed by atoms with E-state index in [9.17, 15) is 9.59 Å². The number of ether oxygens (including phenoxy) is 2. The summed E-state index contributed by atoms with van der Waals surface area (Å²) in [6.07, 6.45) is 2.40. The fraction of sp³-hybridized carbons (Fsp3) is 0.333. The number of nitrogens with one attached hydrogen (secondary N) is 2. The maximum atomic E-state index is 12.6. The van der Waals surface area contributed by atoms with Crippen molar-refractivity contribution in [1.29, 1.82) is 0 Å². The molecule has 2 N–H and O–H groups in total. The Kier molecular flexibility index (Phi) is 7.12. The topological polar surface area (TPSA) is 76.7 Å². The van der Waals surface area contributed by atoms with E-state index in [1.165, 1.54) is 12.7 Å². The average Bonchev–Trinajstić information content (AvgIpc) is 2.76. The molecule has 0 aliphatic carbocycles. The first kappa shape index (κ1) is 21.4. The molecular weight excluding hydrogens is 380 g/mol. The summed E-state index contributed by atoms with van der Waals surface area (Å²) in [4.78, 5) is 25.0. The molecular formula is C24H28N2O4. The van der Waals surface area contributed by atoms with Crippen LogP contribution in [0.15, 0.2) is 59.8 Å². The zero-order valence-corrected chi connectivity index (χ0v) is 17.7. The molecule has 6 nitrogen and oxygen atoms in total. The molecule has 30 heavy (non-hydrogen) atoms. The quantitative estimate of drug-likeness (QED) is 0.629. The molecule has 2 amide bonds. The number of amides is 2. The molecule has 3 rings (SSSR count). The van der Waals surface area contributed by atoms with Crippen LogP contribution in [0, 0.1) is 6.92 Å². The SMILES string of the molecule is CCCCC1=C(C(=O)OC)C(c2ccccc2OCc2ccc(C)cc2)NC(=O)N1. The number of esters is 1. The molecule has 2 aromatic rings. The van der Waals surface area contributed by atoms with E-state index in [1.807, 2.05) is 55.5 Å². The molecule has 0 bridgehead atoms. The minimum absolute atomic E-state index is 0.341. The zero-order valence-electron chi connectivity index (χ0n) is 17.7. The normalized spacial score (nSPS) is 16.0. The number of urea groups is 1. The summed E-state index contributed by atoms with van der Waals surface area (Å²) in [5.41, 5.74) is 3.96. The number of allylic oxidation sites excluding steroid dienone is 1. The van der Waals surface area contributed by atoms with Gasteiger partial charge in [-0.25, -0.2) is 9.59 Å². The molecule has 0 aromatic heterocycles. The predicted molar refractivity (Wildman–Crippen MR) is 115 cm³/mol. The fourth-order valence-electron chi connectivity index (χ4n) is 3.45. The number of hydrogen-bond acceptors (Lipinski definition) is 4. The van der Waals surface area contributed by atoms with E-state index >= 15 is 0 Å². The van der Waals surface area contributed by atoms with Crippen LogP contribution in [0.3, 0.4) is 0 Å². The van der Waals surface area contributed by atoms with E-state index in [1.54, 1.807) is 0 Å². The van der Waals surface area contributed by atoms with Crippen LogP contribution in [0.4, 0.5) is 4.79 Å². The summed E-state index contributed by atoms with van der Waals surface area (Å²) in [5, 5.41) is 5.65. The first-order chi connectivity index (χ1) is 14.5. The number of para-hydroxylation sites is 1. The largest absolute Gasteiger partial charge is 0.489 e. The Morgan fingerprint density at radius 2 is 1.83 bits per heavy atom. The number of aryl methyl sites for hydroxylation is 1. The second-order valence-corrected chi connectivity index (χ2v) is 7.33. The average molecular weight is 408 g/mol. The lowest BCUT2D eigenvalue weighted by molar-refractivity contribution is -0.136. The van der Waals surface area contributed by atoms with Gasteiger partial charge in [-0.3, -0.25) is 0 Å². The van der Waals surface area contributed by atoms with Crippen molar-refractivity contribution in [3.05, 3.63) is 76.5 Å². The van der Waals surface area contributed by atoms with Crippen molar-refractivity contribution in [2.24, 2.45) is 0 Å². The third-order valence-corrected chi connectivity index (χ3v) is 5.08. The maximum Gasteiger partial charge on any atom is 0.337 e. The highest BCUT2D eigenvalue weighted by Gasteiger charge is 2.34. The standard InChI is InChI=1S/C24H28N2O4/c1-4-5-9-19-21(23(27)29-3)22(26-24(28)25-19)18-8-6-7-10-20(18)30-15-17-13-11-16(2)12-14-17/h6-8,10-14,22H,4-5,9,15H2,1-3H3,(H2,25,26,28). The molecule has 158 valence electrons. The van der Waals surface area contributed by atoms with Gasteiger partial charge in [0, 0.05) is 11.3 Å². The van der Waals surface area contributed by atoms with Crippen molar-refractivity contribution in [2.45, 2.75) is 45.8 Å². The van der Waals surface area contributed by atoms with Crippen molar-refractivity contribution in [1.82, 2.24) is 10.6 Å². The Morgan fingerprint density at radius 1 is 1.10 bits per heavy atom. The molecule has 0 saturated heterocycles. The van der Waals surface area contributed by atoms with Gasteiger partial charge in [0.05, 0.1) is 18.7 Å². The van der Waals surface area contributed by atoms with Crippen molar-refractivity contribution in [3.8, 4) is 5.75 Å². The highest BCUT2D eigenvalue weighted by molar-refractivity contribution is 5.95. The first-order valence-corrected chi connectivity index (χ1v) is 10.2. The molecule has 1 atom stereocenters. The Labute approximate surface area is 177 Å². The van der Waals surface area contributed by atoms with E-state index < -0.39 is 12.0 Å². The molecule has 0 saturated carbocycles. The summed E-state index contributed by atoms with van der Waals surface area (Å²) in [7, 11) is 1.35. The van der Waals surface area contributed by atoms with E-state index in [0.29, 0.717) is 35.6 Å². The molecule has 1 aliphatic heterocycles. The highest BCUT2D eigenvalue weighted by Crippen LogP contribution is 2.35. The van der Waals surface area contributed by atoms with Crippen molar-refractivity contribution >= 4 is 12.0 Å². The summed E-state index contributed by atoms with van der Waals surface area (Å²) in [6, 6.07) is 14.6. The van der Waals surface area contributed by atoms with Gasteiger partial charge in [0.25, 0.3) is 0 Å². The van der Waals surface area contributed by atoms with Gasteiger partial charge < -0.3 is 20.1 Å². The van der Waals surface area contributed by atoms with E-state index in [-0.39, 0.29) is 6.03 Å². The number of benzene rings is 2. The van der Waals surface area contributed by atoms with Crippen LogP contribution in [0.5, 0.6) is 5.75 Å². The maximum absolute atomic E-state index is 12.6. The molecule has 0 fully saturated rings. The van der Waals surface area contributed by atoms with Gasteiger partial charge in [0.1, 0.15) is 12.4 Å². The summed E-state index contributed by atoms with van der Waals surface area (Å²) < 4.78 is 11.1. The van der Waals surface area contributed by atoms with Gasteiger partial charge in [0.2, 0.25) is 0 Å². The van der Waals surface area contributed by atoms with Crippen molar-refractivity contribution in [3.63, 3.8) is 0 Å². The van der Waals surface area contributed by atoms with Gasteiger partial charge in [-0.2, -0.15) is 0 Å². The third-order valence-electron chi connectivity index (χ3n) is 5.08. The minimum Gasteiger partial charge on any atom is -0.489 e. The van der Waals surface area contributed by atoms with Crippen LogP contribution in [0.2, 0.25) is 0 Å². The second kappa shape index (κ2) is 9.96. The fourth-order valence-corrected chi connectivity index (χ4v) is 3.45. The lowest BCUT2D eigenvalue weighted by atomic mass is 9.93. The Bertz CT molecular complexity index is 934. The lowest BCUT2D eigenvalue weighted by Crippen LogP contribution is -2.46. The van der Waals surface area contributed by atoms with Crippen LogP contribution in [0.1, 0.15) is 48.9 Å². The number of unbranched alkanes of at least 4 members (excludes halogenated alkanes) is 1. The van der Waals surface area contributed by atoms with Gasteiger partial charge in [-0.05, 0) is 31.4 Å². The molecule has 0 radical (unpaired) electrons. The van der Waals surface area contributed by atoms with Crippen LogP contribution in [-0.2, 0) is 16.1 Å². The molecule has 1 heterocycles. The highest BCUT2D eigenvalue weighted by atomic mass is 16.5. The van der Waals surface area contributed by atoms with E-state index in [0.717, 1.165) is 18.4 Å². The molecule has 1 aliphatic rings. The monoisotopic (exact) mass is 408 g/mol. The van der Waals surface area contributed by atoms with Crippen LogP contribution in [-0.4, -0.2) is 19.1 Å². The summed E-state index contributed by atoms with van der Waals surface area (Å²) >= 11 is 0. The Balaban J connectivity index is 1.94. The zero-order chi connectivity index (χ0) is 21.5. The van der Waals surface area contributed by atoms with Crippen LogP contribution >= 0.6 is 0 Å². The second-order valence-electron chi connectivity index (χ2n) is 7.33. The number of carbonyl (C=O) groups is 2. The summed E-state index contributed by atoms with van der Waals surface area (Å²) in [5.74, 6) is 0.147. The molecule has 2 aromatic carbocycles. The predicted octanol–water partition coefficient (Wildman–Crippen LogP) is 4.55. The smallest absolute Gasteiger partial charge is 0.337 e. The van der Waals surface area contributed by atoms with Crippen molar-refractivity contribution < 1.29 is 19.1 Å². The van der Waals surface area contributed by atoms with Crippen LogP contribution < -0.4 is 15.4 Å². The Morgan fingerprint density at radius 3 is 2.53 bits per heavy atom. The minimum atomic E-state index is -0.646. The Hall–Kier alpha value is -3.28. The molecule has 0 spiro atoms. The number of methoxy groups -OCH3 is 1. The first-order valence-electron chi connectivity index (χ1n) is 10.2. The van der Waals surface area contributed by atoms with Gasteiger partial charge in [0.15, 0.2) is 0 Å². The molecule has 1 unspecified atom stereocenters.